The molecule has 0 radical (unpaired) electrons. The number of hydrogen-bond acceptors (Lipinski definition) is 17. The Hall–Kier alpha value is -2.48. The first-order chi connectivity index (χ1) is 20.0. The van der Waals surface area contributed by atoms with Crippen molar-refractivity contribution in [2.24, 2.45) is 0 Å². The maximum Gasteiger partial charge on any atom is 0.303 e. The van der Waals surface area contributed by atoms with Crippen LogP contribution in [0.3, 0.4) is 0 Å². The molecular formula is C26H40O17. The Morgan fingerprint density at radius 2 is 0.884 bits per heavy atom. The van der Waals surface area contributed by atoms with Crippen LogP contribution in [0.2, 0.25) is 0 Å². The van der Waals surface area contributed by atoms with E-state index in [4.69, 9.17) is 42.6 Å². The quantitative estimate of drug-likeness (QED) is 0.166. The lowest BCUT2D eigenvalue weighted by Gasteiger charge is -2.49. The minimum absolute atomic E-state index is 0.736. The summed E-state index contributed by atoms with van der Waals surface area (Å²) in [6.45, 7) is 8.71. The van der Waals surface area contributed by atoms with Crippen LogP contribution >= 0.6 is 0 Å². The van der Waals surface area contributed by atoms with Crippen LogP contribution in [0.5, 0.6) is 0 Å². The second-order valence-electron chi connectivity index (χ2n) is 10.6. The van der Waals surface area contributed by atoms with Gasteiger partial charge in [0.05, 0.1) is 18.3 Å². The van der Waals surface area contributed by atoms with Crippen molar-refractivity contribution in [2.45, 2.75) is 141 Å². The Morgan fingerprint density at radius 3 is 1.42 bits per heavy atom. The molecule has 3 saturated heterocycles. The monoisotopic (exact) mass is 624 g/mol. The predicted octanol–water partition coefficient (Wildman–Crippen LogP) is -2.21. The van der Waals surface area contributed by atoms with Crippen molar-refractivity contribution < 1.29 is 82.2 Å². The van der Waals surface area contributed by atoms with E-state index in [1.807, 2.05) is 0 Å². The van der Waals surface area contributed by atoms with Crippen molar-refractivity contribution in [3.63, 3.8) is 0 Å². The van der Waals surface area contributed by atoms with Gasteiger partial charge in [-0.05, 0) is 20.8 Å². The predicted molar refractivity (Wildman–Crippen MR) is 135 cm³/mol. The van der Waals surface area contributed by atoms with Gasteiger partial charge in [-0.1, -0.05) is 0 Å². The number of aliphatic hydroxyl groups excluding tert-OH is 4. The third-order valence-electron chi connectivity index (χ3n) is 7.07. The second-order valence-corrected chi connectivity index (χ2v) is 10.6. The van der Waals surface area contributed by atoms with Crippen molar-refractivity contribution in [3.8, 4) is 0 Å². The Bertz CT molecular complexity index is 992. The number of rotatable bonds is 8. The molecule has 0 bridgehead atoms. The van der Waals surface area contributed by atoms with Crippen LogP contribution in [-0.2, 0) is 61.8 Å². The molecule has 3 aliphatic rings. The lowest BCUT2D eigenvalue weighted by molar-refractivity contribution is -0.374. The average Bonchev–Trinajstić information content (AvgIpc) is 2.88. The summed E-state index contributed by atoms with van der Waals surface area (Å²) in [5.74, 6) is -3.22. The highest BCUT2D eigenvalue weighted by Crippen LogP contribution is 2.35. The largest absolute Gasteiger partial charge is 0.457 e. The molecule has 0 aromatic carbocycles. The molecular weight excluding hydrogens is 584 g/mol. The molecule has 246 valence electrons. The van der Waals surface area contributed by atoms with E-state index >= 15 is 0 Å². The zero-order chi connectivity index (χ0) is 32.3. The molecule has 17 nitrogen and oxygen atoms in total. The fourth-order valence-electron chi connectivity index (χ4n) is 5.17. The van der Waals surface area contributed by atoms with E-state index in [1.165, 1.54) is 20.8 Å². The summed E-state index contributed by atoms with van der Waals surface area (Å²) in [5.41, 5.74) is 0. The Morgan fingerprint density at radius 1 is 0.465 bits per heavy atom. The van der Waals surface area contributed by atoms with E-state index < -0.39 is 116 Å². The van der Waals surface area contributed by atoms with Crippen LogP contribution in [0.1, 0.15) is 48.5 Å². The van der Waals surface area contributed by atoms with Crippen LogP contribution in [-0.4, -0.2) is 136 Å². The fourth-order valence-corrected chi connectivity index (χ4v) is 5.17. The summed E-state index contributed by atoms with van der Waals surface area (Å²) in [5, 5.41) is 42.2. The SMILES string of the molecule is CC(=O)O[C@@H]1[C@@H](O)[C@@H](OC(C)=O)[C@H](O[C@@H]2[C@@H](OC(C)=O)[C@H](C)O[C@@H](O[C@@H]3[C@@H](O)[C@H](C)OC(O)[C@@H]3O)[C@@H]2OC(C)=O)O[C@H]1C. The van der Waals surface area contributed by atoms with E-state index in [-0.39, 0.29) is 0 Å². The highest BCUT2D eigenvalue weighted by molar-refractivity contribution is 5.67. The van der Waals surface area contributed by atoms with Gasteiger partial charge < -0.3 is 63.1 Å². The number of hydrogen-bond donors (Lipinski definition) is 4. The van der Waals surface area contributed by atoms with Gasteiger partial charge in [0.25, 0.3) is 0 Å². The zero-order valence-electron chi connectivity index (χ0n) is 24.8. The van der Waals surface area contributed by atoms with Gasteiger partial charge in [0, 0.05) is 27.7 Å². The standard InChI is InChI=1S/C26H40O17/c1-8-15(31)20(17(33)24(34)35-8)42-26-23(41-14(7)30)22(19(10(3)37-26)39-12(5)28)43-25-21(40-13(6)29)16(32)18(9(2)36-25)38-11(4)27/h8-10,15-26,31-34H,1-7H3/t8-,9-,10-,15-,16+,17+,18-,19-,20+,21+,22+,23+,24?,25-,26-/m0/s1. The molecule has 15 atom stereocenters. The first kappa shape index (κ1) is 35.0. The minimum Gasteiger partial charge on any atom is -0.457 e. The number of aliphatic hydroxyl groups is 4. The van der Waals surface area contributed by atoms with E-state index in [0.717, 1.165) is 27.7 Å². The highest BCUT2D eigenvalue weighted by Gasteiger charge is 2.56. The molecule has 43 heavy (non-hydrogen) atoms. The summed E-state index contributed by atoms with van der Waals surface area (Å²) in [6, 6.07) is 0. The van der Waals surface area contributed by atoms with Gasteiger partial charge >= 0.3 is 23.9 Å². The maximum absolute atomic E-state index is 12.2. The van der Waals surface area contributed by atoms with Crippen LogP contribution in [0, 0.1) is 0 Å². The summed E-state index contributed by atoms with van der Waals surface area (Å²) in [4.78, 5) is 47.9. The topological polar surface area (TPSA) is 232 Å². The van der Waals surface area contributed by atoms with E-state index in [9.17, 15) is 39.6 Å². The number of carbonyl (C=O) groups excluding carboxylic acids is 4. The summed E-state index contributed by atoms with van der Waals surface area (Å²) in [6.07, 6.45) is -21.6. The third-order valence-corrected chi connectivity index (χ3v) is 7.07. The van der Waals surface area contributed by atoms with E-state index in [0.29, 0.717) is 0 Å². The van der Waals surface area contributed by atoms with Gasteiger partial charge in [0.1, 0.15) is 30.5 Å². The van der Waals surface area contributed by atoms with Crippen LogP contribution in [0.15, 0.2) is 0 Å². The highest BCUT2D eigenvalue weighted by atomic mass is 16.8. The van der Waals surface area contributed by atoms with Crippen LogP contribution in [0.25, 0.3) is 0 Å². The fraction of sp³-hybridized carbons (Fsp3) is 0.846. The van der Waals surface area contributed by atoms with Crippen molar-refractivity contribution in [1.29, 1.82) is 0 Å². The van der Waals surface area contributed by atoms with Gasteiger partial charge in [0.15, 0.2) is 43.3 Å². The molecule has 3 fully saturated rings. The molecule has 0 saturated carbocycles. The molecule has 17 heteroatoms. The van der Waals surface area contributed by atoms with Crippen LogP contribution in [0.4, 0.5) is 0 Å². The third kappa shape index (κ3) is 8.37. The molecule has 3 aliphatic heterocycles. The van der Waals surface area contributed by atoms with Crippen molar-refractivity contribution >= 4 is 23.9 Å². The van der Waals surface area contributed by atoms with E-state index in [1.54, 1.807) is 0 Å². The minimum atomic E-state index is -1.75. The van der Waals surface area contributed by atoms with E-state index in [2.05, 4.69) is 0 Å². The molecule has 0 aromatic heterocycles. The zero-order valence-corrected chi connectivity index (χ0v) is 24.8. The number of carbonyl (C=O) groups is 4. The molecule has 4 N–H and O–H groups in total. The molecule has 0 amide bonds. The first-order valence-corrected chi connectivity index (χ1v) is 13.7. The summed E-state index contributed by atoms with van der Waals surface area (Å²) < 4.78 is 50.1. The van der Waals surface area contributed by atoms with Crippen molar-refractivity contribution in [2.75, 3.05) is 0 Å². The van der Waals surface area contributed by atoms with Gasteiger partial charge in [-0.15, -0.1) is 0 Å². The first-order valence-electron chi connectivity index (χ1n) is 13.7. The second kappa shape index (κ2) is 14.5. The molecule has 0 spiro atoms. The van der Waals surface area contributed by atoms with Gasteiger partial charge in [-0.25, -0.2) is 0 Å². The Balaban J connectivity index is 2.00. The Labute approximate surface area is 247 Å². The summed E-state index contributed by atoms with van der Waals surface area (Å²) >= 11 is 0. The van der Waals surface area contributed by atoms with Crippen molar-refractivity contribution in [1.82, 2.24) is 0 Å². The maximum atomic E-state index is 12.2. The Kier molecular flexibility index (Phi) is 11.8. The average molecular weight is 625 g/mol. The molecule has 3 heterocycles. The molecule has 0 aromatic rings. The molecule has 0 aliphatic carbocycles. The lowest BCUT2D eigenvalue weighted by atomic mass is 9.96. The smallest absolute Gasteiger partial charge is 0.303 e. The molecule has 1 unspecified atom stereocenters. The van der Waals surface area contributed by atoms with Gasteiger partial charge in [-0.3, -0.25) is 19.2 Å². The van der Waals surface area contributed by atoms with Crippen LogP contribution < -0.4 is 0 Å². The summed E-state index contributed by atoms with van der Waals surface area (Å²) in [7, 11) is 0. The molecule has 3 rings (SSSR count). The normalized spacial score (nSPS) is 43.3. The van der Waals surface area contributed by atoms with Gasteiger partial charge in [0.2, 0.25) is 0 Å². The van der Waals surface area contributed by atoms with Gasteiger partial charge in [-0.2, -0.15) is 0 Å². The van der Waals surface area contributed by atoms with Crippen molar-refractivity contribution in [3.05, 3.63) is 0 Å². The number of esters is 4. The lowest BCUT2D eigenvalue weighted by Crippen LogP contribution is -2.67. The number of ether oxygens (including phenoxy) is 9.